The van der Waals surface area contributed by atoms with Gasteiger partial charge in [-0.1, -0.05) is 37.3 Å². The van der Waals surface area contributed by atoms with Crippen molar-refractivity contribution >= 4 is 33.0 Å². The Bertz CT molecular complexity index is 477. The lowest BCUT2D eigenvalue weighted by Gasteiger charge is -2.24. The Hall–Kier alpha value is -0.180. The molecular weight excluding hydrogens is 286 g/mol. The average molecular weight is 300 g/mol. The maximum atomic E-state index is 11.7. The minimum absolute atomic E-state index is 0.0414. The molecule has 0 spiro atoms. The molecule has 0 saturated carbocycles. The molecule has 0 fully saturated rings. The first-order chi connectivity index (χ1) is 7.64. The molecule has 0 aromatic carbocycles. The molecule has 0 radical (unpaired) electrons. The standard InChI is InChI=1S/C9H14ClNO4S2/c1-9(2,3)8(12)15-11-17(13,14)7-6(10)4-5-16-7/h4-5,8,11-12H,1-3H3. The Kier molecular flexibility index (Phi) is 4.56. The molecule has 0 aliphatic rings. The van der Waals surface area contributed by atoms with Crippen molar-refractivity contribution in [1.82, 2.24) is 4.89 Å². The fourth-order valence-corrected chi connectivity index (χ4v) is 3.27. The van der Waals surface area contributed by atoms with Crippen LogP contribution in [-0.2, 0) is 14.9 Å². The first-order valence-corrected chi connectivity index (χ1v) is 7.47. The van der Waals surface area contributed by atoms with Crippen LogP contribution in [0.4, 0.5) is 0 Å². The van der Waals surface area contributed by atoms with Gasteiger partial charge in [-0.15, -0.1) is 11.3 Å². The number of sulfonamides is 1. The number of hydrogen-bond donors (Lipinski definition) is 2. The Balaban J connectivity index is 2.74. The van der Waals surface area contributed by atoms with E-state index < -0.39 is 21.7 Å². The second-order valence-corrected chi connectivity index (χ2v) is 7.64. The van der Waals surface area contributed by atoms with Crippen LogP contribution < -0.4 is 4.89 Å². The molecule has 5 nitrogen and oxygen atoms in total. The van der Waals surface area contributed by atoms with E-state index in [9.17, 15) is 13.5 Å². The Morgan fingerprint density at radius 3 is 2.53 bits per heavy atom. The number of thiophene rings is 1. The largest absolute Gasteiger partial charge is 0.366 e. The maximum Gasteiger partial charge on any atom is 0.273 e. The number of nitrogens with one attached hydrogen (secondary N) is 1. The third-order valence-corrected chi connectivity index (χ3v) is 5.05. The molecule has 98 valence electrons. The van der Waals surface area contributed by atoms with Crippen LogP contribution in [0.15, 0.2) is 15.7 Å². The fraction of sp³-hybridized carbons (Fsp3) is 0.556. The van der Waals surface area contributed by atoms with Crippen molar-refractivity contribution in [3.05, 3.63) is 16.5 Å². The van der Waals surface area contributed by atoms with Gasteiger partial charge in [-0.3, -0.25) is 4.84 Å². The summed E-state index contributed by atoms with van der Waals surface area (Å²) in [5.74, 6) is 0. The van der Waals surface area contributed by atoms with Gasteiger partial charge in [0.25, 0.3) is 10.0 Å². The molecule has 2 N–H and O–H groups in total. The van der Waals surface area contributed by atoms with Gasteiger partial charge in [0.2, 0.25) is 0 Å². The summed E-state index contributed by atoms with van der Waals surface area (Å²) in [6, 6.07) is 1.47. The van der Waals surface area contributed by atoms with Crippen LogP contribution >= 0.6 is 22.9 Å². The number of aliphatic hydroxyl groups excluding tert-OH is 1. The van der Waals surface area contributed by atoms with E-state index in [1.54, 1.807) is 26.2 Å². The number of hydrogen-bond acceptors (Lipinski definition) is 5. The third-order valence-electron chi connectivity index (χ3n) is 1.84. The Morgan fingerprint density at radius 1 is 1.53 bits per heavy atom. The highest BCUT2D eigenvalue weighted by Crippen LogP contribution is 2.27. The van der Waals surface area contributed by atoms with Gasteiger partial charge in [0.15, 0.2) is 10.5 Å². The van der Waals surface area contributed by atoms with Gasteiger partial charge in [-0.2, -0.15) is 0 Å². The zero-order valence-corrected chi connectivity index (χ0v) is 12.0. The molecule has 1 rings (SSSR count). The lowest BCUT2D eigenvalue weighted by molar-refractivity contribution is -0.177. The van der Waals surface area contributed by atoms with Crippen molar-refractivity contribution < 1.29 is 18.4 Å². The average Bonchev–Trinajstić information content (AvgIpc) is 2.60. The smallest absolute Gasteiger partial charge is 0.273 e. The molecule has 0 aliphatic heterocycles. The minimum Gasteiger partial charge on any atom is -0.366 e. The predicted octanol–water partition coefficient (Wildman–Crippen LogP) is 1.98. The number of rotatable bonds is 4. The maximum absolute atomic E-state index is 11.7. The molecule has 1 aromatic heterocycles. The van der Waals surface area contributed by atoms with E-state index in [1.165, 1.54) is 6.07 Å². The van der Waals surface area contributed by atoms with E-state index in [4.69, 9.17) is 16.4 Å². The van der Waals surface area contributed by atoms with Crippen molar-refractivity contribution in [1.29, 1.82) is 0 Å². The lowest BCUT2D eigenvalue weighted by atomic mass is 9.96. The van der Waals surface area contributed by atoms with Crippen LogP contribution in [0.1, 0.15) is 20.8 Å². The molecule has 1 unspecified atom stereocenters. The summed E-state index contributed by atoms with van der Waals surface area (Å²) in [4.78, 5) is 6.57. The van der Waals surface area contributed by atoms with Crippen LogP contribution in [0.5, 0.6) is 0 Å². The van der Waals surface area contributed by atoms with E-state index in [0.29, 0.717) is 0 Å². The normalized spacial score (nSPS) is 14.9. The van der Waals surface area contributed by atoms with Crippen LogP contribution in [-0.4, -0.2) is 19.8 Å². The van der Waals surface area contributed by atoms with Gasteiger partial charge in [0.1, 0.15) is 0 Å². The molecule has 17 heavy (non-hydrogen) atoms. The Labute approximate surface area is 109 Å². The van der Waals surface area contributed by atoms with Crippen molar-refractivity contribution in [3.8, 4) is 0 Å². The topological polar surface area (TPSA) is 75.6 Å². The summed E-state index contributed by atoms with van der Waals surface area (Å²) < 4.78 is 23.4. The molecule has 1 atom stereocenters. The lowest BCUT2D eigenvalue weighted by Crippen LogP contribution is -2.36. The zero-order chi connectivity index (χ0) is 13.3. The number of aliphatic hydroxyl groups is 1. The van der Waals surface area contributed by atoms with Crippen LogP contribution in [0.3, 0.4) is 0 Å². The quantitative estimate of drug-likeness (QED) is 0.658. The van der Waals surface area contributed by atoms with E-state index in [-0.39, 0.29) is 9.23 Å². The predicted molar refractivity (Wildman–Crippen MR) is 66.2 cm³/mol. The first kappa shape index (κ1) is 14.9. The van der Waals surface area contributed by atoms with E-state index in [1.807, 2.05) is 4.89 Å². The molecule has 1 heterocycles. The second-order valence-electron chi connectivity index (χ2n) is 4.48. The van der Waals surface area contributed by atoms with Crippen LogP contribution in [0, 0.1) is 5.41 Å². The molecule has 0 saturated heterocycles. The monoisotopic (exact) mass is 299 g/mol. The van der Waals surface area contributed by atoms with Gasteiger partial charge in [0, 0.05) is 5.41 Å². The van der Waals surface area contributed by atoms with E-state index in [0.717, 1.165) is 11.3 Å². The van der Waals surface area contributed by atoms with Gasteiger partial charge in [0.05, 0.1) is 5.02 Å². The molecule has 0 bridgehead atoms. The summed E-state index contributed by atoms with van der Waals surface area (Å²) in [6.45, 7) is 5.14. The highest BCUT2D eigenvalue weighted by Gasteiger charge is 2.27. The SMILES string of the molecule is CC(C)(C)C(O)ONS(=O)(=O)c1sccc1Cl. The number of halogens is 1. The molecular formula is C9H14ClNO4S2. The summed E-state index contributed by atoms with van der Waals surface area (Å²) in [6.07, 6.45) is -1.25. The summed E-state index contributed by atoms with van der Waals surface area (Å²) in [5.41, 5.74) is -0.595. The van der Waals surface area contributed by atoms with Gasteiger partial charge in [-0.25, -0.2) is 8.42 Å². The second kappa shape index (κ2) is 5.21. The summed E-state index contributed by atoms with van der Waals surface area (Å²) >= 11 is 6.67. The van der Waals surface area contributed by atoms with Gasteiger partial charge >= 0.3 is 0 Å². The highest BCUT2D eigenvalue weighted by molar-refractivity contribution is 7.91. The third kappa shape index (κ3) is 3.90. The fourth-order valence-electron chi connectivity index (χ4n) is 0.795. The van der Waals surface area contributed by atoms with Crippen molar-refractivity contribution in [3.63, 3.8) is 0 Å². The molecule has 8 heteroatoms. The molecule has 0 amide bonds. The van der Waals surface area contributed by atoms with Crippen molar-refractivity contribution in [2.75, 3.05) is 0 Å². The van der Waals surface area contributed by atoms with Crippen LogP contribution in [0.25, 0.3) is 0 Å². The van der Waals surface area contributed by atoms with Crippen molar-refractivity contribution in [2.45, 2.75) is 31.3 Å². The minimum atomic E-state index is -3.85. The van der Waals surface area contributed by atoms with Crippen LogP contribution in [0.2, 0.25) is 5.02 Å². The van der Waals surface area contributed by atoms with Gasteiger partial charge in [-0.05, 0) is 11.4 Å². The summed E-state index contributed by atoms with van der Waals surface area (Å²) in [5, 5.41) is 11.2. The van der Waals surface area contributed by atoms with Gasteiger partial charge < -0.3 is 5.11 Å². The van der Waals surface area contributed by atoms with E-state index in [2.05, 4.69) is 0 Å². The van der Waals surface area contributed by atoms with Crippen molar-refractivity contribution in [2.24, 2.45) is 5.41 Å². The summed E-state index contributed by atoms with van der Waals surface area (Å²) in [7, 11) is -3.85. The van der Waals surface area contributed by atoms with E-state index >= 15 is 0 Å². The Morgan fingerprint density at radius 2 is 2.12 bits per heavy atom. The molecule has 0 aliphatic carbocycles. The highest BCUT2D eigenvalue weighted by atomic mass is 35.5. The molecule has 1 aromatic rings. The first-order valence-electron chi connectivity index (χ1n) is 4.73. The zero-order valence-electron chi connectivity index (χ0n) is 9.60.